The summed E-state index contributed by atoms with van der Waals surface area (Å²) in [4.78, 5) is 26.4. The minimum atomic E-state index is -0.125. The number of rotatable bonds is 7. The van der Waals surface area contributed by atoms with Crippen LogP contribution in [0.25, 0.3) is 6.08 Å². The molecule has 3 rings (SSSR count). The summed E-state index contributed by atoms with van der Waals surface area (Å²) in [5.74, 6) is -0.225. The van der Waals surface area contributed by atoms with Crippen LogP contribution in [-0.4, -0.2) is 36.5 Å². The fourth-order valence-electron chi connectivity index (χ4n) is 3.38. The molecule has 0 spiro atoms. The molecule has 146 valence electrons. The zero-order valence-corrected chi connectivity index (χ0v) is 16.1. The van der Waals surface area contributed by atoms with E-state index in [0.29, 0.717) is 32.5 Å². The lowest BCUT2D eigenvalue weighted by Gasteiger charge is -2.30. The van der Waals surface area contributed by atoms with E-state index in [2.05, 4.69) is 12.1 Å². The lowest BCUT2D eigenvalue weighted by atomic mass is 9.97. The number of hydrogen-bond donors (Lipinski definition) is 0. The Morgan fingerprint density at radius 1 is 0.964 bits per heavy atom. The van der Waals surface area contributed by atoms with Crippen LogP contribution >= 0.6 is 0 Å². The van der Waals surface area contributed by atoms with Gasteiger partial charge < -0.3 is 9.64 Å². The van der Waals surface area contributed by atoms with E-state index in [0.717, 1.165) is 18.4 Å². The van der Waals surface area contributed by atoms with Crippen LogP contribution in [0.1, 0.15) is 30.4 Å². The standard InChI is InChI=1S/C24H27NO3/c26-23(14-13-21-10-5-2-6-11-21)25-17-15-22(16-18-25)24(27)28-19-7-12-20-8-3-1-4-9-20/h1-6,8-11,13-14,22H,7,12,15-19H2/b14-13+. The maximum atomic E-state index is 12.3. The second-order valence-corrected chi connectivity index (χ2v) is 7.10. The highest BCUT2D eigenvalue weighted by Gasteiger charge is 2.27. The molecule has 1 saturated heterocycles. The Bertz CT molecular complexity index is 778. The van der Waals surface area contributed by atoms with Crippen LogP contribution in [-0.2, 0) is 20.7 Å². The van der Waals surface area contributed by atoms with Gasteiger partial charge in [0.25, 0.3) is 0 Å². The molecule has 28 heavy (non-hydrogen) atoms. The normalized spacial score (nSPS) is 14.9. The van der Waals surface area contributed by atoms with Crippen LogP contribution in [0.3, 0.4) is 0 Å². The molecule has 1 amide bonds. The van der Waals surface area contributed by atoms with Gasteiger partial charge in [-0.05, 0) is 42.9 Å². The maximum Gasteiger partial charge on any atom is 0.309 e. The molecule has 2 aromatic rings. The third-order valence-electron chi connectivity index (χ3n) is 5.05. The predicted octanol–water partition coefficient (Wildman–Crippen LogP) is 4.11. The highest BCUT2D eigenvalue weighted by Crippen LogP contribution is 2.19. The summed E-state index contributed by atoms with van der Waals surface area (Å²) >= 11 is 0. The number of amides is 1. The molecule has 0 radical (unpaired) electrons. The van der Waals surface area contributed by atoms with Crippen molar-refractivity contribution in [2.24, 2.45) is 5.92 Å². The van der Waals surface area contributed by atoms with Crippen molar-refractivity contribution in [3.05, 3.63) is 77.9 Å². The van der Waals surface area contributed by atoms with Crippen LogP contribution in [0.5, 0.6) is 0 Å². The van der Waals surface area contributed by atoms with Crippen LogP contribution in [0, 0.1) is 5.92 Å². The summed E-state index contributed by atoms with van der Waals surface area (Å²) < 4.78 is 5.45. The summed E-state index contributed by atoms with van der Waals surface area (Å²) in [7, 11) is 0. The molecule has 1 heterocycles. The van der Waals surface area contributed by atoms with E-state index in [-0.39, 0.29) is 17.8 Å². The first-order valence-corrected chi connectivity index (χ1v) is 9.95. The van der Waals surface area contributed by atoms with Crippen molar-refractivity contribution in [3.63, 3.8) is 0 Å². The highest BCUT2D eigenvalue weighted by molar-refractivity contribution is 5.92. The molecule has 0 unspecified atom stereocenters. The average molecular weight is 377 g/mol. The van der Waals surface area contributed by atoms with Gasteiger partial charge in [0.15, 0.2) is 0 Å². The summed E-state index contributed by atoms with van der Waals surface area (Å²) in [6, 6.07) is 20.0. The van der Waals surface area contributed by atoms with Gasteiger partial charge in [0.2, 0.25) is 5.91 Å². The van der Waals surface area contributed by atoms with Gasteiger partial charge in [-0.2, -0.15) is 0 Å². The van der Waals surface area contributed by atoms with Crippen LogP contribution in [0.15, 0.2) is 66.7 Å². The molecule has 4 heteroatoms. The van der Waals surface area contributed by atoms with E-state index in [1.165, 1.54) is 5.56 Å². The van der Waals surface area contributed by atoms with Crippen LogP contribution in [0.2, 0.25) is 0 Å². The zero-order chi connectivity index (χ0) is 19.6. The molecule has 1 aliphatic heterocycles. The first-order chi connectivity index (χ1) is 13.7. The number of esters is 1. The average Bonchev–Trinajstić information content (AvgIpc) is 2.76. The molecule has 0 aliphatic carbocycles. The Labute approximate surface area is 166 Å². The van der Waals surface area contributed by atoms with Gasteiger partial charge in [-0.25, -0.2) is 0 Å². The van der Waals surface area contributed by atoms with Crippen molar-refractivity contribution >= 4 is 18.0 Å². The van der Waals surface area contributed by atoms with E-state index in [9.17, 15) is 9.59 Å². The van der Waals surface area contributed by atoms with Gasteiger partial charge in [0.1, 0.15) is 0 Å². The number of carbonyl (C=O) groups is 2. The van der Waals surface area contributed by atoms with E-state index in [4.69, 9.17) is 4.74 Å². The van der Waals surface area contributed by atoms with Crippen molar-refractivity contribution in [2.75, 3.05) is 19.7 Å². The number of hydrogen-bond acceptors (Lipinski definition) is 3. The fraction of sp³-hybridized carbons (Fsp3) is 0.333. The van der Waals surface area contributed by atoms with Crippen molar-refractivity contribution < 1.29 is 14.3 Å². The van der Waals surface area contributed by atoms with Crippen molar-refractivity contribution in [2.45, 2.75) is 25.7 Å². The molecular formula is C24H27NO3. The summed E-state index contributed by atoms with van der Waals surface area (Å²) in [5, 5.41) is 0. The van der Waals surface area contributed by atoms with E-state index < -0.39 is 0 Å². The first kappa shape index (κ1) is 19.9. The Morgan fingerprint density at radius 3 is 2.29 bits per heavy atom. The number of aryl methyl sites for hydroxylation is 1. The van der Waals surface area contributed by atoms with Gasteiger partial charge in [-0.1, -0.05) is 60.7 Å². The molecule has 0 atom stereocenters. The van der Waals surface area contributed by atoms with E-state index in [1.807, 2.05) is 54.6 Å². The van der Waals surface area contributed by atoms with Gasteiger partial charge in [0, 0.05) is 19.2 Å². The van der Waals surface area contributed by atoms with Crippen molar-refractivity contribution in [1.29, 1.82) is 0 Å². The lowest BCUT2D eigenvalue weighted by Crippen LogP contribution is -2.39. The summed E-state index contributed by atoms with van der Waals surface area (Å²) in [6.45, 7) is 1.65. The topological polar surface area (TPSA) is 46.6 Å². The third kappa shape index (κ3) is 6.08. The highest BCUT2D eigenvalue weighted by atomic mass is 16.5. The second-order valence-electron chi connectivity index (χ2n) is 7.10. The molecule has 1 fully saturated rings. The van der Waals surface area contributed by atoms with Crippen molar-refractivity contribution in [1.82, 2.24) is 4.90 Å². The molecule has 0 bridgehead atoms. The minimum absolute atomic E-state index is 0.00136. The quantitative estimate of drug-likeness (QED) is 0.414. The number of benzene rings is 2. The molecule has 0 N–H and O–H groups in total. The van der Waals surface area contributed by atoms with Crippen LogP contribution in [0.4, 0.5) is 0 Å². The number of carbonyl (C=O) groups excluding carboxylic acids is 2. The zero-order valence-electron chi connectivity index (χ0n) is 16.1. The van der Waals surface area contributed by atoms with Crippen LogP contribution < -0.4 is 0 Å². The molecule has 2 aromatic carbocycles. The van der Waals surface area contributed by atoms with Gasteiger partial charge >= 0.3 is 5.97 Å². The number of likely N-dealkylation sites (tertiary alicyclic amines) is 1. The molecule has 0 aromatic heterocycles. The first-order valence-electron chi connectivity index (χ1n) is 9.95. The Hall–Kier alpha value is -2.88. The smallest absolute Gasteiger partial charge is 0.309 e. The van der Waals surface area contributed by atoms with E-state index >= 15 is 0 Å². The summed E-state index contributed by atoms with van der Waals surface area (Å²) in [5.41, 5.74) is 2.26. The molecule has 1 aliphatic rings. The van der Waals surface area contributed by atoms with Gasteiger partial charge in [-0.15, -0.1) is 0 Å². The number of nitrogens with zero attached hydrogens (tertiary/aromatic N) is 1. The summed E-state index contributed by atoms with van der Waals surface area (Å²) in [6.07, 6.45) is 6.52. The largest absolute Gasteiger partial charge is 0.465 e. The number of ether oxygens (including phenoxy) is 1. The monoisotopic (exact) mass is 377 g/mol. The molecular weight excluding hydrogens is 350 g/mol. The molecule has 0 saturated carbocycles. The third-order valence-corrected chi connectivity index (χ3v) is 5.05. The minimum Gasteiger partial charge on any atom is -0.465 e. The van der Waals surface area contributed by atoms with Crippen molar-refractivity contribution in [3.8, 4) is 0 Å². The Morgan fingerprint density at radius 2 is 1.61 bits per heavy atom. The number of piperidine rings is 1. The predicted molar refractivity (Wildman–Crippen MR) is 111 cm³/mol. The Balaban J connectivity index is 1.35. The second kappa shape index (κ2) is 10.5. The molecule has 4 nitrogen and oxygen atoms in total. The fourth-order valence-corrected chi connectivity index (χ4v) is 3.38. The lowest BCUT2D eigenvalue weighted by molar-refractivity contribution is -0.151. The SMILES string of the molecule is O=C(OCCCc1ccccc1)C1CCN(C(=O)/C=C/c2ccccc2)CC1. The van der Waals surface area contributed by atoms with Gasteiger partial charge in [-0.3, -0.25) is 9.59 Å². The Kier molecular flexibility index (Phi) is 7.42. The van der Waals surface area contributed by atoms with E-state index in [1.54, 1.807) is 11.0 Å². The maximum absolute atomic E-state index is 12.3. The van der Waals surface area contributed by atoms with Gasteiger partial charge in [0.05, 0.1) is 12.5 Å².